The van der Waals surface area contributed by atoms with Crippen molar-refractivity contribution in [3.8, 4) is 11.8 Å². The molecule has 7 heteroatoms. The largest absolute Gasteiger partial charge is 0.465 e. The summed E-state index contributed by atoms with van der Waals surface area (Å²) >= 11 is 0. The first kappa shape index (κ1) is 19.6. The number of halogens is 2. The molecule has 0 atom stereocenters. The molecule has 3 rings (SSSR count). The van der Waals surface area contributed by atoms with E-state index in [1.165, 1.54) is 7.11 Å². The molecule has 0 saturated carbocycles. The number of nitrogens with two attached hydrogens (primary N) is 1. The number of carbonyl (C=O) groups is 1. The molecular formula is C16H21Cl2N3O2. The minimum absolute atomic E-state index is 0. The first-order chi connectivity index (χ1) is 10.2. The normalized spacial score (nSPS) is 16.7. The van der Waals surface area contributed by atoms with Crippen molar-refractivity contribution in [1.29, 1.82) is 0 Å². The van der Waals surface area contributed by atoms with E-state index in [4.69, 9.17) is 10.5 Å². The highest BCUT2D eigenvalue weighted by Gasteiger charge is 2.47. The quantitative estimate of drug-likeness (QED) is 0.611. The number of nitrogens with one attached hydrogen (secondary N) is 1. The Balaban J connectivity index is 0.00000132. The summed E-state index contributed by atoms with van der Waals surface area (Å²) in [5.74, 6) is 5.40. The van der Waals surface area contributed by atoms with Gasteiger partial charge >= 0.3 is 5.97 Å². The number of esters is 1. The molecule has 1 spiro atoms. The third-order valence-electron chi connectivity index (χ3n) is 4.15. The van der Waals surface area contributed by atoms with Crippen LogP contribution in [0, 0.1) is 17.3 Å². The van der Waals surface area contributed by atoms with Crippen LogP contribution in [0.25, 0.3) is 0 Å². The molecule has 5 nitrogen and oxygen atoms in total. The maximum atomic E-state index is 11.8. The predicted molar refractivity (Wildman–Crippen MR) is 95.7 cm³/mol. The van der Waals surface area contributed by atoms with Gasteiger partial charge in [0.25, 0.3) is 0 Å². The highest BCUT2D eigenvalue weighted by Crippen LogP contribution is 2.37. The Morgan fingerprint density at radius 3 is 2.61 bits per heavy atom. The van der Waals surface area contributed by atoms with E-state index in [1.807, 2.05) is 12.1 Å². The van der Waals surface area contributed by atoms with Crippen molar-refractivity contribution in [2.45, 2.75) is 0 Å². The summed E-state index contributed by atoms with van der Waals surface area (Å²) in [4.78, 5) is 14.1. The Labute approximate surface area is 148 Å². The topological polar surface area (TPSA) is 67.6 Å². The van der Waals surface area contributed by atoms with Gasteiger partial charge in [-0.2, -0.15) is 0 Å². The fraction of sp³-hybridized carbons (Fsp3) is 0.438. The second kappa shape index (κ2) is 7.89. The monoisotopic (exact) mass is 357 g/mol. The average Bonchev–Trinajstić information content (AvgIpc) is 2.41. The van der Waals surface area contributed by atoms with Gasteiger partial charge in [0.2, 0.25) is 0 Å². The molecule has 0 aliphatic carbocycles. The number of anilines is 1. The van der Waals surface area contributed by atoms with E-state index in [0.717, 1.165) is 31.9 Å². The predicted octanol–water partition coefficient (Wildman–Crippen LogP) is 1.04. The Morgan fingerprint density at radius 1 is 1.39 bits per heavy atom. The summed E-state index contributed by atoms with van der Waals surface area (Å²) in [6.45, 7) is 4.58. The molecule has 2 fully saturated rings. The third kappa shape index (κ3) is 3.73. The first-order valence-corrected chi connectivity index (χ1v) is 7.04. The lowest BCUT2D eigenvalue weighted by Gasteiger charge is -2.57. The van der Waals surface area contributed by atoms with Gasteiger partial charge in [0.1, 0.15) is 0 Å². The third-order valence-corrected chi connectivity index (χ3v) is 4.15. The maximum absolute atomic E-state index is 11.8. The van der Waals surface area contributed by atoms with Crippen molar-refractivity contribution in [2.75, 3.05) is 44.7 Å². The van der Waals surface area contributed by atoms with Gasteiger partial charge in [0.05, 0.1) is 19.2 Å². The van der Waals surface area contributed by atoms with Gasteiger partial charge in [-0.15, -0.1) is 24.8 Å². The van der Waals surface area contributed by atoms with Crippen LogP contribution in [0.3, 0.4) is 0 Å². The van der Waals surface area contributed by atoms with Crippen LogP contribution in [0.5, 0.6) is 0 Å². The van der Waals surface area contributed by atoms with Crippen molar-refractivity contribution < 1.29 is 9.53 Å². The van der Waals surface area contributed by atoms with Crippen LogP contribution < -0.4 is 16.0 Å². The molecule has 2 aliphatic rings. The Bertz CT molecular complexity index is 628. The number of nitrogens with zero attached hydrogens (tertiary/aromatic N) is 1. The Hall–Kier alpha value is -1.45. The Kier molecular flexibility index (Phi) is 6.72. The van der Waals surface area contributed by atoms with E-state index in [1.54, 1.807) is 6.07 Å². The smallest absolute Gasteiger partial charge is 0.339 e. The lowest BCUT2D eigenvalue weighted by atomic mass is 9.74. The highest BCUT2D eigenvalue weighted by atomic mass is 35.5. The van der Waals surface area contributed by atoms with E-state index in [9.17, 15) is 4.79 Å². The minimum Gasteiger partial charge on any atom is -0.465 e. The van der Waals surface area contributed by atoms with Crippen molar-refractivity contribution in [3.05, 3.63) is 29.3 Å². The summed E-state index contributed by atoms with van der Waals surface area (Å²) in [5.41, 5.74) is 8.15. The van der Waals surface area contributed by atoms with Gasteiger partial charge in [-0.1, -0.05) is 11.8 Å². The zero-order valence-electron chi connectivity index (χ0n) is 12.9. The number of ether oxygens (including phenoxy) is 1. The van der Waals surface area contributed by atoms with E-state index in [0.29, 0.717) is 16.5 Å². The van der Waals surface area contributed by atoms with E-state index in [-0.39, 0.29) is 37.3 Å². The van der Waals surface area contributed by atoms with E-state index < -0.39 is 0 Å². The lowest BCUT2D eigenvalue weighted by Crippen LogP contribution is -2.71. The summed E-state index contributed by atoms with van der Waals surface area (Å²) in [6, 6.07) is 5.69. The van der Waals surface area contributed by atoms with Crippen molar-refractivity contribution >= 4 is 36.5 Å². The number of hydrogen-bond acceptors (Lipinski definition) is 5. The zero-order chi connectivity index (χ0) is 14.9. The SMILES string of the molecule is COC(=O)c1ccc(N2CC3(CNC3)C2)cc1C#CCN.Cl.Cl. The van der Waals surface area contributed by atoms with Crippen LogP contribution in [-0.4, -0.2) is 45.8 Å². The molecule has 1 aromatic rings. The summed E-state index contributed by atoms with van der Waals surface area (Å²) in [6.07, 6.45) is 0. The molecule has 2 aliphatic heterocycles. The van der Waals surface area contributed by atoms with E-state index in [2.05, 4.69) is 22.1 Å². The summed E-state index contributed by atoms with van der Waals surface area (Å²) < 4.78 is 4.80. The van der Waals surface area contributed by atoms with E-state index >= 15 is 0 Å². The van der Waals surface area contributed by atoms with Crippen LogP contribution >= 0.6 is 24.8 Å². The van der Waals surface area contributed by atoms with Crippen LogP contribution in [-0.2, 0) is 4.74 Å². The molecule has 1 aromatic carbocycles. The molecule has 2 heterocycles. The number of rotatable bonds is 2. The van der Waals surface area contributed by atoms with Crippen LogP contribution in [0.2, 0.25) is 0 Å². The van der Waals surface area contributed by atoms with Gasteiger partial charge in [-0.05, 0) is 18.2 Å². The molecule has 126 valence electrons. The number of hydrogen-bond donors (Lipinski definition) is 2. The Morgan fingerprint density at radius 2 is 2.09 bits per heavy atom. The molecule has 0 radical (unpaired) electrons. The number of methoxy groups -OCH3 is 1. The van der Waals surface area contributed by atoms with Crippen LogP contribution in [0.4, 0.5) is 5.69 Å². The van der Waals surface area contributed by atoms with Crippen molar-refractivity contribution in [2.24, 2.45) is 11.1 Å². The molecule has 0 unspecified atom stereocenters. The second-order valence-electron chi connectivity index (χ2n) is 5.69. The molecule has 0 amide bonds. The lowest BCUT2D eigenvalue weighted by molar-refractivity contribution is 0.0600. The van der Waals surface area contributed by atoms with Gasteiger partial charge < -0.3 is 20.7 Å². The maximum Gasteiger partial charge on any atom is 0.339 e. The minimum atomic E-state index is -0.369. The summed E-state index contributed by atoms with van der Waals surface area (Å²) in [5, 5.41) is 3.32. The molecular weight excluding hydrogens is 337 g/mol. The zero-order valence-corrected chi connectivity index (χ0v) is 14.6. The van der Waals surface area contributed by atoms with Crippen molar-refractivity contribution in [3.63, 3.8) is 0 Å². The van der Waals surface area contributed by atoms with Gasteiger partial charge in [-0.3, -0.25) is 0 Å². The van der Waals surface area contributed by atoms with Gasteiger partial charge in [0, 0.05) is 42.8 Å². The molecule has 3 N–H and O–H groups in total. The standard InChI is InChI=1S/C16H19N3O2.2ClH/c1-21-15(20)14-5-4-13(7-12(14)3-2-6-17)19-10-16(11-19)8-18-9-16;;/h4-5,7,18H,6,8-11,17H2,1H3;2*1H. The molecule has 0 bridgehead atoms. The first-order valence-electron chi connectivity index (χ1n) is 7.04. The highest BCUT2D eigenvalue weighted by molar-refractivity contribution is 5.93. The fourth-order valence-corrected chi connectivity index (χ4v) is 2.91. The van der Waals surface area contributed by atoms with Gasteiger partial charge in [0.15, 0.2) is 0 Å². The number of benzene rings is 1. The molecule has 0 aromatic heterocycles. The van der Waals surface area contributed by atoms with Crippen LogP contribution in [0.15, 0.2) is 18.2 Å². The van der Waals surface area contributed by atoms with Gasteiger partial charge in [-0.25, -0.2) is 4.79 Å². The fourth-order valence-electron chi connectivity index (χ4n) is 2.91. The molecule has 2 saturated heterocycles. The second-order valence-corrected chi connectivity index (χ2v) is 5.69. The molecule has 23 heavy (non-hydrogen) atoms. The number of carbonyl (C=O) groups excluding carboxylic acids is 1. The van der Waals surface area contributed by atoms with Crippen molar-refractivity contribution in [1.82, 2.24) is 5.32 Å². The van der Waals surface area contributed by atoms with Crippen LogP contribution in [0.1, 0.15) is 15.9 Å². The average molecular weight is 358 g/mol. The summed E-state index contributed by atoms with van der Waals surface area (Å²) in [7, 11) is 1.37.